The zero-order valence-electron chi connectivity index (χ0n) is 14.3. The van der Waals surface area contributed by atoms with Crippen molar-refractivity contribution >= 4 is 0 Å². The van der Waals surface area contributed by atoms with Gasteiger partial charge in [-0.1, -0.05) is 37.8 Å². The largest absolute Gasteiger partial charge is 0.378 e. The van der Waals surface area contributed by atoms with Gasteiger partial charge in [0.25, 0.3) is 0 Å². The molecular formula is C20H26O2. The maximum atomic E-state index is 6.28. The van der Waals surface area contributed by atoms with Crippen LogP contribution in [0.4, 0.5) is 0 Å². The van der Waals surface area contributed by atoms with Gasteiger partial charge in [0.1, 0.15) is 0 Å². The van der Waals surface area contributed by atoms with E-state index in [2.05, 4.69) is 70.7 Å². The van der Waals surface area contributed by atoms with Gasteiger partial charge in [-0.15, -0.1) is 0 Å². The van der Waals surface area contributed by atoms with Crippen LogP contribution in [0.2, 0.25) is 0 Å². The molecule has 118 valence electrons. The number of hydrogen-bond acceptors (Lipinski definition) is 2. The molecule has 0 aromatic heterocycles. The SMILES string of the molecule is CC1(C#Cc2ccc(C3CC(C)(C)C(C)(C)O3)cc2)COC1. The Morgan fingerprint density at radius 3 is 2.09 bits per heavy atom. The molecule has 1 aromatic carbocycles. The molecule has 1 atom stereocenters. The van der Waals surface area contributed by atoms with Crippen molar-refractivity contribution in [3.05, 3.63) is 35.4 Å². The molecule has 2 heteroatoms. The highest BCUT2D eigenvalue weighted by Gasteiger charge is 2.47. The lowest BCUT2D eigenvalue weighted by atomic mass is 9.76. The van der Waals surface area contributed by atoms with Gasteiger partial charge in [0.2, 0.25) is 0 Å². The van der Waals surface area contributed by atoms with Crippen molar-refractivity contribution in [1.82, 2.24) is 0 Å². The second-order valence-electron chi connectivity index (χ2n) is 8.13. The van der Waals surface area contributed by atoms with Crippen LogP contribution in [-0.4, -0.2) is 18.8 Å². The predicted octanol–water partition coefficient (Wildman–Crippen LogP) is 4.34. The Bertz CT molecular complexity index is 593. The minimum absolute atomic E-state index is 0.0429. The first-order valence-electron chi connectivity index (χ1n) is 8.10. The van der Waals surface area contributed by atoms with E-state index >= 15 is 0 Å². The van der Waals surface area contributed by atoms with Crippen LogP contribution < -0.4 is 0 Å². The summed E-state index contributed by atoms with van der Waals surface area (Å²) in [5.74, 6) is 6.59. The number of hydrogen-bond donors (Lipinski definition) is 0. The van der Waals surface area contributed by atoms with Crippen molar-refractivity contribution in [2.75, 3.05) is 13.2 Å². The number of ether oxygens (including phenoxy) is 2. The van der Waals surface area contributed by atoms with Gasteiger partial charge in [-0.25, -0.2) is 0 Å². The van der Waals surface area contributed by atoms with E-state index in [1.807, 2.05) is 0 Å². The predicted molar refractivity (Wildman–Crippen MR) is 88.5 cm³/mol. The third-order valence-corrected chi connectivity index (χ3v) is 5.39. The van der Waals surface area contributed by atoms with Crippen molar-refractivity contribution in [2.45, 2.75) is 52.7 Å². The molecule has 0 spiro atoms. The highest BCUT2D eigenvalue weighted by Crippen LogP contribution is 2.51. The van der Waals surface area contributed by atoms with E-state index < -0.39 is 0 Å². The molecule has 2 heterocycles. The topological polar surface area (TPSA) is 18.5 Å². The Morgan fingerprint density at radius 2 is 1.64 bits per heavy atom. The Balaban J connectivity index is 1.73. The van der Waals surface area contributed by atoms with Crippen LogP contribution in [0.5, 0.6) is 0 Å². The molecule has 3 rings (SSSR count). The quantitative estimate of drug-likeness (QED) is 0.718. The standard InChI is InChI=1S/C20H26O2/c1-18(2)12-17(22-19(18,3)4)16-8-6-15(7-9-16)10-11-20(5)13-21-14-20/h6-9,17H,12-14H2,1-5H3. The van der Waals surface area contributed by atoms with E-state index in [0.29, 0.717) is 0 Å². The van der Waals surface area contributed by atoms with Gasteiger partial charge in [0, 0.05) is 5.56 Å². The summed E-state index contributed by atoms with van der Waals surface area (Å²) in [6, 6.07) is 8.53. The minimum Gasteiger partial charge on any atom is -0.378 e. The fourth-order valence-corrected chi connectivity index (χ4v) is 2.94. The average Bonchev–Trinajstić information content (AvgIpc) is 2.64. The molecular weight excluding hydrogens is 272 g/mol. The van der Waals surface area contributed by atoms with E-state index in [-0.39, 0.29) is 22.5 Å². The molecule has 0 radical (unpaired) electrons. The Labute approximate surface area is 134 Å². The fourth-order valence-electron chi connectivity index (χ4n) is 2.94. The maximum Gasteiger partial charge on any atom is 0.0838 e. The van der Waals surface area contributed by atoms with Gasteiger partial charge in [0.05, 0.1) is 30.3 Å². The summed E-state index contributed by atoms with van der Waals surface area (Å²) in [6.45, 7) is 12.6. The zero-order chi connectivity index (χ0) is 16.0. The van der Waals surface area contributed by atoms with Gasteiger partial charge in [-0.2, -0.15) is 0 Å². The molecule has 1 aromatic rings. The summed E-state index contributed by atoms with van der Waals surface area (Å²) in [5, 5.41) is 0. The summed E-state index contributed by atoms with van der Waals surface area (Å²) in [6.07, 6.45) is 1.24. The van der Waals surface area contributed by atoms with Gasteiger partial charge in [-0.3, -0.25) is 0 Å². The molecule has 0 bridgehead atoms. The van der Waals surface area contributed by atoms with Gasteiger partial charge < -0.3 is 9.47 Å². The average molecular weight is 298 g/mol. The van der Waals surface area contributed by atoms with Crippen LogP contribution in [0, 0.1) is 22.7 Å². The van der Waals surface area contributed by atoms with Crippen LogP contribution in [0.3, 0.4) is 0 Å². The molecule has 0 N–H and O–H groups in total. The zero-order valence-corrected chi connectivity index (χ0v) is 14.3. The Morgan fingerprint density at radius 1 is 1.00 bits per heavy atom. The first-order chi connectivity index (χ1) is 10.2. The molecule has 2 aliphatic rings. The molecule has 0 amide bonds. The lowest BCUT2D eigenvalue weighted by Crippen LogP contribution is -2.38. The molecule has 2 saturated heterocycles. The summed E-state index contributed by atoms with van der Waals surface area (Å²) in [4.78, 5) is 0. The highest BCUT2D eigenvalue weighted by molar-refractivity contribution is 5.38. The van der Waals surface area contributed by atoms with Crippen molar-refractivity contribution in [2.24, 2.45) is 10.8 Å². The maximum absolute atomic E-state index is 6.28. The second-order valence-corrected chi connectivity index (χ2v) is 8.13. The Kier molecular flexibility index (Phi) is 3.62. The van der Waals surface area contributed by atoms with E-state index in [0.717, 1.165) is 25.2 Å². The van der Waals surface area contributed by atoms with Crippen LogP contribution in [0.15, 0.2) is 24.3 Å². The van der Waals surface area contributed by atoms with Crippen molar-refractivity contribution in [3.8, 4) is 11.8 Å². The molecule has 2 aliphatic heterocycles. The number of benzene rings is 1. The van der Waals surface area contributed by atoms with Gasteiger partial charge >= 0.3 is 0 Å². The number of rotatable bonds is 1. The Hall–Kier alpha value is -1.30. The summed E-state index contributed by atoms with van der Waals surface area (Å²) in [5.41, 5.74) is 2.46. The first kappa shape index (κ1) is 15.6. The summed E-state index contributed by atoms with van der Waals surface area (Å²) in [7, 11) is 0. The molecule has 2 fully saturated rings. The van der Waals surface area contributed by atoms with Crippen LogP contribution >= 0.6 is 0 Å². The van der Waals surface area contributed by atoms with Crippen LogP contribution in [0.1, 0.15) is 58.3 Å². The normalized spacial score (nSPS) is 27.6. The van der Waals surface area contributed by atoms with E-state index in [1.54, 1.807) is 0 Å². The van der Waals surface area contributed by atoms with Crippen molar-refractivity contribution in [3.63, 3.8) is 0 Å². The monoisotopic (exact) mass is 298 g/mol. The smallest absolute Gasteiger partial charge is 0.0838 e. The lowest BCUT2D eigenvalue weighted by molar-refractivity contribution is -0.0648. The van der Waals surface area contributed by atoms with E-state index in [4.69, 9.17) is 9.47 Å². The van der Waals surface area contributed by atoms with Crippen LogP contribution in [0.25, 0.3) is 0 Å². The lowest BCUT2D eigenvalue weighted by Gasteiger charge is -2.32. The molecule has 22 heavy (non-hydrogen) atoms. The first-order valence-corrected chi connectivity index (χ1v) is 8.10. The molecule has 0 aliphatic carbocycles. The van der Waals surface area contributed by atoms with E-state index in [1.165, 1.54) is 5.56 Å². The summed E-state index contributed by atoms with van der Waals surface area (Å²) >= 11 is 0. The third kappa shape index (κ3) is 2.81. The minimum atomic E-state index is -0.0883. The van der Waals surface area contributed by atoms with Gasteiger partial charge in [-0.05, 0) is 50.3 Å². The fraction of sp³-hybridized carbons (Fsp3) is 0.600. The van der Waals surface area contributed by atoms with Crippen LogP contribution in [-0.2, 0) is 9.47 Å². The summed E-state index contributed by atoms with van der Waals surface area (Å²) < 4.78 is 11.5. The van der Waals surface area contributed by atoms with Crippen molar-refractivity contribution < 1.29 is 9.47 Å². The molecule has 2 nitrogen and oxygen atoms in total. The van der Waals surface area contributed by atoms with Gasteiger partial charge in [0.15, 0.2) is 0 Å². The van der Waals surface area contributed by atoms with E-state index in [9.17, 15) is 0 Å². The molecule has 1 unspecified atom stereocenters. The van der Waals surface area contributed by atoms with Crippen molar-refractivity contribution in [1.29, 1.82) is 0 Å². The molecule has 0 saturated carbocycles. The second kappa shape index (κ2) is 5.11. The highest BCUT2D eigenvalue weighted by atomic mass is 16.5. The third-order valence-electron chi connectivity index (χ3n) is 5.39.